The number of benzene rings is 1. The van der Waals surface area contributed by atoms with Gasteiger partial charge in [0.2, 0.25) is 0 Å². The quantitative estimate of drug-likeness (QED) is 0.731. The average Bonchev–Trinajstić information content (AvgIpc) is 3.06. The highest BCUT2D eigenvalue weighted by atomic mass is 32.1. The summed E-state index contributed by atoms with van der Waals surface area (Å²) in [6, 6.07) is 8.04. The molecule has 26 heavy (non-hydrogen) atoms. The summed E-state index contributed by atoms with van der Waals surface area (Å²) in [7, 11) is 0. The zero-order valence-corrected chi connectivity index (χ0v) is 15.5. The predicted octanol–water partition coefficient (Wildman–Crippen LogP) is 3.29. The first kappa shape index (κ1) is 18.3. The zero-order chi connectivity index (χ0) is 18.5. The summed E-state index contributed by atoms with van der Waals surface area (Å²) in [5.41, 5.74) is 4.33. The molecule has 1 heterocycles. The number of ether oxygens (including phenoxy) is 1. The summed E-state index contributed by atoms with van der Waals surface area (Å²) in [6.45, 7) is 1.40. The van der Waals surface area contributed by atoms with Gasteiger partial charge in [-0.15, -0.1) is 11.3 Å². The van der Waals surface area contributed by atoms with Crippen molar-refractivity contribution in [2.45, 2.75) is 44.9 Å². The predicted molar refractivity (Wildman–Crippen MR) is 98.0 cm³/mol. The lowest BCUT2D eigenvalue weighted by atomic mass is 9.90. The molecule has 0 spiro atoms. The molecule has 1 aliphatic rings. The molecule has 0 bridgehead atoms. The highest BCUT2D eigenvalue weighted by Crippen LogP contribution is 2.23. The summed E-state index contributed by atoms with van der Waals surface area (Å²) in [4.78, 5) is 28.4. The Bertz CT molecular complexity index is 866. The van der Waals surface area contributed by atoms with Gasteiger partial charge in [0.15, 0.2) is 18.3 Å². The fraction of sp³-hybridized carbons (Fsp3) is 0.400. The van der Waals surface area contributed by atoms with Gasteiger partial charge in [-0.3, -0.25) is 9.59 Å². The molecular formula is C20H20N2O3S. The minimum Gasteiger partial charge on any atom is -0.457 e. The number of fused-ring (bicyclic) bond motifs is 1. The number of thiazole rings is 1. The van der Waals surface area contributed by atoms with Crippen LogP contribution in [0, 0.1) is 18.3 Å². The van der Waals surface area contributed by atoms with Crippen LogP contribution in [0.5, 0.6) is 0 Å². The Morgan fingerprint density at radius 3 is 2.77 bits per heavy atom. The van der Waals surface area contributed by atoms with Crippen molar-refractivity contribution in [3.63, 3.8) is 0 Å². The van der Waals surface area contributed by atoms with Gasteiger partial charge in [0.05, 0.1) is 12.5 Å². The molecule has 0 amide bonds. The zero-order valence-electron chi connectivity index (χ0n) is 14.7. The van der Waals surface area contributed by atoms with Gasteiger partial charge in [-0.2, -0.15) is 5.26 Å². The highest BCUT2D eigenvalue weighted by molar-refractivity contribution is 7.09. The van der Waals surface area contributed by atoms with Crippen molar-refractivity contribution in [2.75, 3.05) is 6.61 Å². The summed E-state index contributed by atoms with van der Waals surface area (Å²) in [5.74, 6) is -1.88. The molecule has 1 atom stereocenters. The lowest BCUT2D eigenvalue weighted by Gasteiger charge is -2.16. The maximum absolute atomic E-state index is 12.2. The molecule has 6 heteroatoms. The lowest BCUT2D eigenvalue weighted by molar-refractivity contribution is -0.147. The SMILES string of the molecule is Cc1csc([C@@H](C#N)C(=O)COC(=O)Cc2ccc3c(c2)CCCC3)n1. The first-order chi connectivity index (χ1) is 12.6. The number of Topliss-reactive ketones (excluding diaryl/α,β-unsaturated/α-hetero) is 1. The van der Waals surface area contributed by atoms with Gasteiger partial charge >= 0.3 is 5.97 Å². The minimum absolute atomic E-state index is 0.133. The van der Waals surface area contributed by atoms with E-state index in [1.165, 1.54) is 35.3 Å². The smallest absolute Gasteiger partial charge is 0.310 e. The maximum Gasteiger partial charge on any atom is 0.310 e. The van der Waals surface area contributed by atoms with Crippen LogP contribution >= 0.6 is 11.3 Å². The molecule has 0 saturated heterocycles. The monoisotopic (exact) mass is 368 g/mol. The Balaban J connectivity index is 1.55. The van der Waals surface area contributed by atoms with Crippen LogP contribution in [0.3, 0.4) is 0 Å². The molecule has 0 radical (unpaired) electrons. The number of esters is 1. The third-order valence-corrected chi connectivity index (χ3v) is 5.50. The van der Waals surface area contributed by atoms with Crippen molar-refractivity contribution < 1.29 is 14.3 Å². The normalized spacial score (nSPS) is 14.2. The molecule has 0 N–H and O–H groups in total. The maximum atomic E-state index is 12.2. The highest BCUT2D eigenvalue weighted by Gasteiger charge is 2.24. The minimum atomic E-state index is -0.981. The van der Waals surface area contributed by atoms with Crippen LogP contribution in [0.2, 0.25) is 0 Å². The van der Waals surface area contributed by atoms with Crippen LogP contribution in [0.15, 0.2) is 23.6 Å². The van der Waals surface area contributed by atoms with Crippen molar-refractivity contribution in [1.29, 1.82) is 5.26 Å². The van der Waals surface area contributed by atoms with Gasteiger partial charge in [0.25, 0.3) is 0 Å². The van der Waals surface area contributed by atoms with Crippen LogP contribution in [0.25, 0.3) is 0 Å². The van der Waals surface area contributed by atoms with Crippen molar-refractivity contribution in [2.24, 2.45) is 0 Å². The number of hydrogen-bond acceptors (Lipinski definition) is 6. The van der Waals surface area contributed by atoms with E-state index in [-0.39, 0.29) is 6.42 Å². The molecule has 0 aliphatic heterocycles. The topological polar surface area (TPSA) is 80.0 Å². The van der Waals surface area contributed by atoms with E-state index in [9.17, 15) is 14.9 Å². The van der Waals surface area contributed by atoms with Crippen molar-refractivity contribution in [1.82, 2.24) is 4.98 Å². The van der Waals surface area contributed by atoms with E-state index < -0.39 is 24.3 Å². The second-order valence-electron chi connectivity index (χ2n) is 6.50. The van der Waals surface area contributed by atoms with Crippen LogP contribution in [-0.2, 0) is 33.6 Å². The van der Waals surface area contributed by atoms with Gasteiger partial charge in [-0.1, -0.05) is 18.2 Å². The van der Waals surface area contributed by atoms with E-state index in [1.807, 2.05) is 12.1 Å². The number of ketones is 1. The number of aryl methyl sites for hydroxylation is 3. The number of hydrogen-bond donors (Lipinski definition) is 0. The number of rotatable bonds is 6. The third kappa shape index (κ3) is 4.36. The van der Waals surface area contributed by atoms with Crippen molar-refractivity contribution in [3.8, 4) is 6.07 Å². The van der Waals surface area contributed by atoms with Gasteiger partial charge in [-0.25, -0.2) is 4.98 Å². The summed E-state index contributed by atoms with van der Waals surface area (Å²) in [6.07, 6.45) is 4.68. The lowest BCUT2D eigenvalue weighted by Crippen LogP contribution is -2.20. The molecule has 3 rings (SSSR count). The number of aromatic nitrogens is 1. The van der Waals surface area contributed by atoms with Gasteiger partial charge < -0.3 is 4.74 Å². The molecule has 0 unspecified atom stereocenters. The Hall–Kier alpha value is -2.52. The molecule has 0 saturated carbocycles. The molecule has 1 aromatic carbocycles. The van der Waals surface area contributed by atoms with Crippen LogP contribution < -0.4 is 0 Å². The Morgan fingerprint density at radius 1 is 1.31 bits per heavy atom. The van der Waals surface area contributed by atoms with E-state index in [2.05, 4.69) is 17.1 Å². The average molecular weight is 368 g/mol. The molecule has 1 aliphatic carbocycles. The standard InChI is InChI=1S/C20H20N2O3S/c1-13-12-26-20(22-13)17(10-21)18(23)11-25-19(24)9-14-6-7-15-4-2-3-5-16(15)8-14/h6-8,12,17H,2-5,9,11H2,1H3/t17-/m0/s1. The van der Waals surface area contributed by atoms with Crippen LogP contribution in [0.4, 0.5) is 0 Å². The second kappa shape index (κ2) is 8.24. The van der Waals surface area contributed by atoms with Crippen LogP contribution in [-0.4, -0.2) is 23.3 Å². The van der Waals surface area contributed by atoms with Crippen LogP contribution in [0.1, 0.15) is 46.2 Å². The summed E-state index contributed by atoms with van der Waals surface area (Å²) in [5, 5.41) is 11.5. The fourth-order valence-corrected chi connectivity index (χ4v) is 3.98. The molecule has 134 valence electrons. The van der Waals surface area contributed by atoms with Gasteiger partial charge in [-0.05, 0) is 49.3 Å². The Morgan fingerprint density at radius 2 is 2.08 bits per heavy atom. The van der Waals surface area contributed by atoms with E-state index in [0.29, 0.717) is 5.01 Å². The Kier molecular flexibility index (Phi) is 5.79. The summed E-state index contributed by atoms with van der Waals surface area (Å²) >= 11 is 1.27. The fourth-order valence-electron chi connectivity index (χ4n) is 3.12. The molecule has 2 aromatic rings. The number of carbonyl (C=O) groups excluding carboxylic acids is 2. The van der Waals surface area contributed by atoms with E-state index in [4.69, 9.17) is 4.74 Å². The first-order valence-corrected chi connectivity index (χ1v) is 9.55. The van der Waals surface area contributed by atoms with Gasteiger partial charge in [0.1, 0.15) is 5.01 Å². The first-order valence-electron chi connectivity index (χ1n) is 8.67. The number of carbonyl (C=O) groups is 2. The molecule has 5 nitrogen and oxygen atoms in total. The summed E-state index contributed by atoms with van der Waals surface area (Å²) < 4.78 is 5.10. The van der Waals surface area contributed by atoms with Gasteiger partial charge in [0, 0.05) is 11.1 Å². The number of nitriles is 1. The largest absolute Gasteiger partial charge is 0.457 e. The van der Waals surface area contributed by atoms with Crippen molar-refractivity contribution >= 4 is 23.1 Å². The van der Waals surface area contributed by atoms with E-state index >= 15 is 0 Å². The number of nitrogens with zero attached hydrogens (tertiary/aromatic N) is 2. The Labute approximate surface area is 156 Å². The molecular weight excluding hydrogens is 348 g/mol. The molecule has 1 aromatic heterocycles. The third-order valence-electron chi connectivity index (χ3n) is 4.47. The molecule has 0 fully saturated rings. The van der Waals surface area contributed by atoms with E-state index in [1.54, 1.807) is 12.3 Å². The van der Waals surface area contributed by atoms with E-state index in [0.717, 1.165) is 24.1 Å². The second-order valence-corrected chi connectivity index (χ2v) is 7.39. The van der Waals surface area contributed by atoms with Crippen molar-refractivity contribution in [3.05, 3.63) is 51.0 Å².